The molecule has 96 valence electrons. The van der Waals surface area contributed by atoms with Crippen LogP contribution in [0.15, 0.2) is 48.7 Å². The van der Waals surface area contributed by atoms with Gasteiger partial charge in [0.05, 0.1) is 5.69 Å². The smallest absolute Gasteiger partial charge is 0.129 e. The van der Waals surface area contributed by atoms with Gasteiger partial charge in [0.15, 0.2) is 0 Å². The summed E-state index contributed by atoms with van der Waals surface area (Å²) in [5.74, 6) is 0. The summed E-state index contributed by atoms with van der Waals surface area (Å²) in [5, 5.41) is 0.557. The van der Waals surface area contributed by atoms with Crippen molar-refractivity contribution in [1.29, 1.82) is 0 Å². The summed E-state index contributed by atoms with van der Waals surface area (Å²) in [6.07, 6.45) is 5.20. The Morgan fingerprint density at radius 1 is 1.11 bits per heavy atom. The summed E-state index contributed by atoms with van der Waals surface area (Å²) >= 11 is 5.90. The van der Waals surface area contributed by atoms with Crippen molar-refractivity contribution >= 4 is 17.7 Å². The lowest BCUT2D eigenvalue weighted by molar-refractivity contribution is 0.370. The number of benzene rings is 1. The van der Waals surface area contributed by atoms with Crippen LogP contribution < -0.4 is 0 Å². The fourth-order valence-corrected chi connectivity index (χ4v) is 2.43. The molecule has 0 amide bonds. The lowest BCUT2D eigenvalue weighted by Gasteiger charge is -2.24. The number of pyridine rings is 1. The molecule has 0 spiro atoms. The average molecular weight is 271 g/mol. The van der Waals surface area contributed by atoms with Gasteiger partial charge in [0.25, 0.3) is 0 Å². The predicted octanol–water partition coefficient (Wildman–Crippen LogP) is 3.76. The van der Waals surface area contributed by atoms with E-state index in [4.69, 9.17) is 11.6 Å². The van der Waals surface area contributed by atoms with E-state index in [9.17, 15) is 0 Å². The number of hydrogen-bond acceptors (Lipinski definition) is 2. The van der Waals surface area contributed by atoms with Gasteiger partial charge in [-0.25, -0.2) is 4.98 Å². The van der Waals surface area contributed by atoms with E-state index in [1.54, 1.807) is 0 Å². The molecular weight excluding hydrogens is 256 g/mol. The second-order valence-electron chi connectivity index (χ2n) is 4.70. The van der Waals surface area contributed by atoms with Crippen molar-refractivity contribution in [2.24, 2.45) is 0 Å². The maximum atomic E-state index is 5.90. The van der Waals surface area contributed by atoms with Gasteiger partial charge in [-0.3, -0.25) is 0 Å². The van der Waals surface area contributed by atoms with E-state index in [1.165, 1.54) is 11.1 Å². The zero-order valence-electron chi connectivity index (χ0n) is 10.6. The summed E-state index contributed by atoms with van der Waals surface area (Å²) in [6.45, 7) is 1.92. The predicted molar refractivity (Wildman–Crippen MR) is 78.8 cm³/mol. The zero-order valence-corrected chi connectivity index (χ0v) is 11.3. The van der Waals surface area contributed by atoms with Crippen LogP contribution in [0.25, 0.3) is 6.08 Å². The van der Waals surface area contributed by atoms with Gasteiger partial charge in [-0.2, -0.15) is 0 Å². The summed E-state index contributed by atoms with van der Waals surface area (Å²) in [7, 11) is 0. The first-order valence-electron chi connectivity index (χ1n) is 6.43. The molecule has 3 heteroatoms. The number of halogens is 1. The van der Waals surface area contributed by atoms with Gasteiger partial charge in [0, 0.05) is 19.3 Å². The Bertz CT molecular complexity index is 593. The van der Waals surface area contributed by atoms with Gasteiger partial charge < -0.3 is 4.90 Å². The Balaban J connectivity index is 1.65. The molecule has 0 bridgehead atoms. The minimum atomic E-state index is 0.557. The third-order valence-electron chi connectivity index (χ3n) is 3.33. The molecule has 0 aliphatic carbocycles. The number of aromatic nitrogens is 1. The van der Waals surface area contributed by atoms with Crippen LogP contribution in [0.5, 0.6) is 0 Å². The highest BCUT2D eigenvalue weighted by atomic mass is 35.5. The Morgan fingerprint density at radius 2 is 1.95 bits per heavy atom. The molecule has 0 saturated carbocycles. The quantitative estimate of drug-likeness (QED) is 0.790. The molecule has 0 saturated heterocycles. The highest BCUT2D eigenvalue weighted by Gasteiger charge is 2.11. The van der Waals surface area contributed by atoms with E-state index in [2.05, 4.69) is 52.5 Å². The Morgan fingerprint density at radius 3 is 2.79 bits per heavy atom. The highest BCUT2D eigenvalue weighted by molar-refractivity contribution is 6.29. The van der Waals surface area contributed by atoms with Gasteiger partial charge in [-0.1, -0.05) is 48.0 Å². The maximum Gasteiger partial charge on any atom is 0.129 e. The van der Waals surface area contributed by atoms with Crippen molar-refractivity contribution in [1.82, 2.24) is 9.88 Å². The molecule has 1 aliphatic heterocycles. The van der Waals surface area contributed by atoms with Crippen LogP contribution in [0, 0.1) is 0 Å². The topological polar surface area (TPSA) is 16.1 Å². The van der Waals surface area contributed by atoms with E-state index < -0.39 is 0 Å². The van der Waals surface area contributed by atoms with Crippen LogP contribution in [0.1, 0.15) is 16.8 Å². The van der Waals surface area contributed by atoms with Crippen LogP contribution in [0.4, 0.5) is 0 Å². The molecule has 3 rings (SSSR count). The van der Waals surface area contributed by atoms with Crippen molar-refractivity contribution < 1.29 is 0 Å². The SMILES string of the molecule is Clc1ccc2c(n1)C=CN(CCc1ccccc1)C2. The van der Waals surface area contributed by atoms with Gasteiger partial charge >= 0.3 is 0 Å². The molecule has 1 aliphatic rings. The van der Waals surface area contributed by atoms with Gasteiger partial charge in [0.2, 0.25) is 0 Å². The second-order valence-corrected chi connectivity index (χ2v) is 5.09. The normalized spacial score (nSPS) is 13.4. The average Bonchev–Trinajstić information content (AvgIpc) is 2.46. The van der Waals surface area contributed by atoms with Crippen LogP contribution in [0.2, 0.25) is 5.15 Å². The van der Waals surface area contributed by atoms with E-state index in [0.717, 1.165) is 25.2 Å². The second kappa shape index (κ2) is 5.45. The monoisotopic (exact) mass is 270 g/mol. The first-order valence-corrected chi connectivity index (χ1v) is 6.81. The van der Waals surface area contributed by atoms with E-state index >= 15 is 0 Å². The largest absolute Gasteiger partial charge is 0.373 e. The fraction of sp³-hybridized carbons (Fsp3) is 0.188. The lowest BCUT2D eigenvalue weighted by Crippen LogP contribution is -2.22. The molecule has 19 heavy (non-hydrogen) atoms. The van der Waals surface area contributed by atoms with Crippen molar-refractivity contribution in [2.75, 3.05) is 6.54 Å². The lowest BCUT2D eigenvalue weighted by atomic mass is 10.1. The minimum absolute atomic E-state index is 0.557. The molecule has 0 N–H and O–H groups in total. The molecular formula is C16H15ClN2. The minimum Gasteiger partial charge on any atom is -0.373 e. The standard InChI is InChI=1S/C16H15ClN2/c17-16-7-6-14-12-19(11-9-15(14)18-16)10-8-13-4-2-1-3-5-13/h1-7,9,11H,8,10,12H2. The fourth-order valence-electron chi connectivity index (χ4n) is 2.28. The Kier molecular flexibility index (Phi) is 3.51. The number of nitrogens with zero attached hydrogens (tertiary/aromatic N) is 2. The maximum absolute atomic E-state index is 5.90. The molecule has 0 atom stereocenters. The van der Waals surface area contributed by atoms with E-state index in [1.807, 2.05) is 12.1 Å². The molecule has 1 aromatic carbocycles. The molecule has 0 unspecified atom stereocenters. The third-order valence-corrected chi connectivity index (χ3v) is 3.54. The van der Waals surface area contributed by atoms with Crippen molar-refractivity contribution in [2.45, 2.75) is 13.0 Å². The van der Waals surface area contributed by atoms with E-state index in [-0.39, 0.29) is 0 Å². The first kappa shape index (κ1) is 12.2. The number of hydrogen-bond donors (Lipinski definition) is 0. The van der Waals surface area contributed by atoms with Gasteiger partial charge in [0.1, 0.15) is 5.15 Å². The number of rotatable bonds is 3. The molecule has 0 fully saturated rings. The van der Waals surface area contributed by atoms with Crippen LogP contribution in [-0.2, 0) is 13.0 Å². The summed E-state index contributed by atoms with van der Waals surface area (Å²) in [5.41, 5.74) is 3.60. The summed E-state index contributed by atoms with van der Waals surface area (Å²) < 4.78 is 0. The molecule has 1 aromatic heterocycles. The molecule has 2 aromatic rings. The third kappa shape index (κ3) is 2.96. The van der Waals surface area contributed by atoms with Crippen LogP contribution >= 0.6 is 11.6 Å². The van der Waals surface area contributed by atoms with Gasteiger partial charge in [-0.15, -0.1) is 0 Å². The van der Waals surface area contributed by atoms with Gasteiger partial charge in [-0.05, 0) is 29.7 Å². The first-order chi connectivity index (χ1) is 9.31. The molecule has 2 nitrogen and oxygen atoms in total. The summed E-state index contributed by atoms with van der Waals surface area (Å²) in [6, 6.07) is 14.5. The van der Waals surface area contributed by atoms with Crippen molar-refractivity contribution in [3.05, 3.63) is 70.6 Å². The van der Waals surface area contributed by atoms with Crippen molar-refractivity contribution in [3.63, 3.8) is 0 Å². The Labute approximate surface area is 118 Å². The summed E-state index contributed by atoms with van der Waals surface area (Å²) in [4.78, 5) is 6.63. The molecule has 2 heterocycles. The van der Waals surface area contributed by atoms with Crippen LogP contribution in [-0.4, -0.2) is 16.4 Å². The Hall–Kier alpha value is -1.80. The van der Waals surface area contributed by atoms with Crippen molar-refractivity contribution in [3.8, 4) is 0 Å². The van der Waals surface area contributed by atoms with E-state index in [0.29, 0.717) is 5.15 Å². The highest BCUT2D eigenvalue weighted by Crippen LogP contribution is 2.20. The molecule has 0 radical (unpaired) electrons. The van der Waals surface area contributed by atoms with Crippen LogP contribution in [0.3, 0.4) is 0 Å². The number of fused-ring (bicyclic) bond motifs is 1. The zero-order chi connectivity index (χ0) is 13.1.